The molecule has 5 heteroatoms. The number of rotatable bonds is 3. The number of hydrogen-bond acceptors (Lipinski definition) is 4. The summed E-state index contributed by atoms with van der Waals surface area (Å²) in [6, 6.07) is 7.93. The van der Waals surface area contributed by atoms with Gasteiger partial charge in [-0.25, -0.2) is 4.39 Å². The van der Waals surface area contributed by atoms with Gasteiger partial charge in [-0.3, -0.25) is 0 Å². The molecule has 0 bridgehead atoms. The zero-order valence-electron chi connectivity index (χ0n) is 8.27. The molecule has 16 heavy (non-hydrogen) atoms. The first-order valence-corrected chi connectivity index (χ1v) is 4.63. The van der Waals surface area contributed by atoms with E-state index in [9.17, 15) is 4.39 Å². The third kappa shape index (κ3) is 2.01. The Kier molecular flexibility index (Phi) is 2.83. The molecular weight excluding hydrogens is 209 g/mol. The molecule has 0 unspecified atom stereocenters. The minimum absolute atomic E-state index is 0.00187. The van der Waals surface area contributed by atoms with Crippen LogP contribution in [0.3, 0.4) is 0 Å². The summed E-state index contributed by atoms with van der Waals surface area (Å²) in [5.41, 5.74) is 0.445. The van der Waals surface area contributed by atoms with E-state index in [1.165, 1.54) is 12.3 Å². The van der Waals surface area contributed by atoms with Crippen LogP contribution in [0.2, 0.25) is 0 Å². The van der Waals surface area contributed by atoms with Crippen LogP contribution >= 0.6 is 0 Å². The minimum Gasteiger partial charge on any atom is -0.377 e. The quantitative estimate of drug-likeness (QED) is 0.856. The van der Waals surface area contributed by atoms with E-state index < -0.39 is 5.82 Å². The molecule has 2 rings (SSSR count). The molecule has 0 saturated carbocycles. The lowest BCUT2D eigenvalue weighted by atomic mass is 10.2. The highest BCUT2D eigenvalue weighted by Crippen LogP contribution is 2.18. The Morgan fingerprint density at radius 2 is 2.31 bits per heavy atom. The number of anilines is 1. The van der Waals surface area contributed by atoms with Crippen LogP contribution in [-0.4, -0.2) is 5.16 Å². The molecule has 1 heterocycles. The van der Waals surface area contributed by atoms with Crippen LogP contribution in [-0.2, 0) is 6.54 Å². The van der Waals surface area contributed by atoms with Crippen LogP contribution in [0.1, 0.15) is 11.3 Å². The van der Waals surface area contributed by atoms with Crippen molar-refractivity contribution in [2.24, 2.45) is 0 Å². The second-order valence-corrected chi connectivity index (χ2v) is 3.11. The Morgan fingerprint density at radius 3 is 3.00 bits per heavy atom. The molecule has 0 fully saturated rings. The van der Waals surface area contributed by atoms with E-state index in [0.717, 1.165) is 0 Å². The molecule has 1 aromatic heterocycles. The van der Waals surface area contributed by atoms with Crippen molar-refractivity contribution in [3.05, 3.63) is 47.6 Å². The van der Waals surface area contributed by atoms with Crippen molar-refractivity contribution in [2.75, 3.05) is 5.32 Å². The molecule has 4 nitrogen and oxygen atoms in total. The molecule has 0 aliphatic carbocycles. The largest absolute Gasteiger partial charge is 0.377 e. The van der Waals surface area contributed by atoms with Crippen molar-refractivity contribution < 1.29 is 8.91 Å². The van der Waals surface area contributed by atoms with Gasteiger partial charge >= 0.3 is 0 Å². The zero-order valence-corrected chi connectivity index (χ0v) is 8.27. The lowest BCUT2D eigenvalue weighted by Gasteiger charge is -2.06. The Morgan fingerprint density at radius 1 is 1.44 bits per heavy atom. The van der Waals surface area contributed by atoms with Crippen LogP contribution in [0, 0.1) is 17.1 Å². The van der Waals surface area contributed by atoms with Gasteiger partial charge in [-0.15, -0.1) is 0 Å². The summed E-state index contributed by atoms with van der Waals surface area (Å²) in [6.45, 7) is 0.359. The predicted molar refractivity (Wildman–Crippen MR) is 54.9 cm³/mol. The zero-order chi connectivity index (χ0) is 11.4. The molecule has 80 valence electrons. The monoisotopic (exact) mass is 217 g/mol. The molecule has 1 aromatic carbocycles. The van der Waals surface area contributed by atoms with E-state index in [4.69, 9.17) is 9.78 Å². The first-order valence-electron chi connectivity index (χ1n) is 4.63. The number of aromatic nitrogens is 1. The maximum absolute atomic E-state index is 13.2. The van der Waals surface area contributed by atoms with Crippen LogP contribution in [0.15, 0.2) is 35.0 Å². The summed E-state index contributed by atoms with van der Waals surface area (Å²) in [4.78, 5) is 0. The van der Waals surface area contributed by atoms with Gasteiger partial charge in [-0.05, 0) is 12.1 Å². The third-order valence-corrected chi connectivity index (χ3v) is 2.07. The van der Waals surface area contributed by atoms with Gasteiger partial charge < -0.3 is 9.84 Å². The molecule has 2 aromatic rings. The number of nitrogens with one attached hydrogen (secondary N) is 1. The van der Waals surface area contributed by atoms with E-state index in [2.05, 4.69) is 10.5 Å². The van der Waals surface area contributed by atoms with Crippen LogP contribution in [0.5, 0.6) is 0 Å². The number of nitrogens with zero attached hydrogens (tertiary/aromatic N) is 2. The van der Waals surface area contributed by atoms with Gasteiger partial charge in [0.25, 0.3) is 0 Å². The van der Waals surface area contributed by atoms with E-state index in [1.54, 1.807) is 18.2 Å². The summed E-state index contributed by atoms with van der Waals surface area (Å²) in [6.07, 6.45) is 1.52. The van der Waals surface area contributed by atoms with Crippen molar-refractivity contribution in [1.29, 1.82) is 5.26 Å². The van der Waals surface area contributed by atoms with Crippen molar-refractivity contribution >= 4 is 5.69 Å². The summed E-state index contributed by atoms with van der Waals surface area (Å²) in [7, 11) is 0. The SMILES string of the molecule is N#Cc1c(F)cccc1NCc1ccno1. The van der Waals surface area contributed by atoms with Gasteiger partial charge in [0.05, 0.1) is 18.4 Å². The van der Waals surface area contributed by atoms with Crippen molar-refractivity contribution in [2.45, 2.75) is 6.54 Å². The summed E-state index contributed by atoms with van der Waals surface area (Å²) in [5, 5.41) is 15.2. The van der Waals surface area contributed by atoms with Crippen LogP contribution in [0.4, 0.5) is 10.1 Å². The summed E-state index contributed by atoms with van der Waals surface area (Å²) < 4.78 is 18.1. The Hall–Kier alpha value is -2.35. The lowest BCUT2D eigenvalue weighted by Crippen LogP contribution is -2.01. The second kappa shape index (κ2) is 4.45. The number of nitriles is 1. The molecule has 0 atom stereocenters. The molecule has 1 N–H and O–H groups in total. The fourth-order valence-electron chi connectivity index (χ4n) is 1.30. The first-order chi connectivity index (χ1) is 7.81. The van der Waals surface area contributed by atoms with Gasteiger partial charge in [-0.2, -0.15) is 5.26 Å². The molecule has 0 aliphatic rings. The summed E-state index contributed by atoms with van der Waals surface area (Å²) >= 11 is 0. The smallest absolute Gasteiger partial charge is 0.155 e. The fraction of sp³-hybridized carbons (Fsp3) is 0.0909. The molecule has 0 amide bonds. The topological polar surface area (TPSA) is 61.9 Å². The predicted octanol–water partition coefficient (Wildman–Crippen LogP) is 2.30. The molecule has 0 saturated heterocycles. The number of benzene rings is 1. The van der Waals surface area contributed by atoms with E-state index in [0.29, 0.717) is 18.0 Å². The van der Waals surface area contributed by atoms with Crippen LogP contribution in [0.25, 0.3) is 0 Å². The Labute approximate surface area is 91.3 Å². The standard InChI is InChI=1S/C11H8FN3O/c12-10-2-1-3-11(9(10)6-13)14-7-8-4-5-15-16-8/h1-5,14H,7H2. The van der Waals surface area contributed by atoms with E-state index >= 15 is 0 Å². The lowest BCUT2D eigenvalue weighted by molar-refractivity contribution is 0.388. The van der Waals surface area contributed by atoms with Crippen molar-refractivity contribution in [1.82, 2.24) is 5.16 Å². The normalized spacial score (nSPS) is 9.75. The average Bonchev–Trinajstić information content (AvgIpc) is 2.79. The molecule has 0 radical (unpaired) electrons. The van der Waals surface area contributed by atoms with Crippen molar-refractivity contribution in [3.8, 4) is 6.07 Å². The molecule has 0 aliphatic heterocycles. The van der Waals surface area contributed by atoms with Gasteiger partial charge in [-0.1, -0.05) is 11.2 Å². The van der Waals surface area contributed by atoms with Gasteiger partial charge in [0.1, 0.15) is 17.4 Å². The maximum atomic E-state index is 13.2. The highest BCUT2D eigenvalue weighted by atomic mass is 19.1. The van der Waals surface area contributed by atoms with Gasteiger partial charge in [0.15, 0.2) is 5.76 Å². The second-order valence-electron chi connectivity index (χ2n) is 3.11. The minimum atomic E-state index is -0.537. The average molecular weight is 217 g/mol. The van der Waals surface area contributed by atoms with Gasteiger partial charge in [0, 0.05) is 6.07 Å². The van der Waals surface area contributed by atoms with E-state index in [1.807, 2.05) is 6.07 Å². The fourth-order valence-corrected chi connectivity index (χ4v) is 1.30. The van der Waals surface area contributed by atoms with E-state index in [-0.39, 0.29) is 5.56 Å². The molecule has 0 spiro atoms. The van der Waals surface area contributed by atoms with Crippen molar-refractivity contribution in [3.63, 3.8) is 0 Å². The third-order valence-electron chi connectivity index (χ3n) is 2.07. The number of halogens is 1. The highest BCUT2D eigenvalue weighted by molar-refractivity contribution is 5.57. The first kappa shape index (κ1) is 10.2. The number of hydrogen-bond donors (Lipinski definition) is 1. The highest BCUT2D eigenvalue weighted by Gasteiger charge is 2.07. The molecular formula is C11H8FN3O. The Balaban J connectivity index is 2.16. The Bertz CT molecular complexity index is 517. The van der Waals surface area contributed by atoms with Crippen LogP contribution < -0.4 is 5.32 Å². The summed E-state index contributed by atoms with van der Waals surface area (Å²) in [5.74, 6) is 0.0817. The maximum Gasteiger partial charge on any atom is 0.155 e. The van der Waals surface area contributed by atoms with Gasteiger partial charge in [0.2, 0.25) is 0 Å².